The standard InChI is InChI=1S/C21H34N2O5/c1-13(27-17(24)5-6-22-19(26)28-20(2,3)4)18(25)23-21-10-14-7-15(11-21)9-16(8-14)12-21/h13-16H,5-12H2,1-4H3,(H,22,26)(H,23,25)/t13-,14?,15?,16?,21?/m1/s1. The van der Waals surface area contributed by atoms with Crippen LogP contribution in [0.1, 0.15) is 72.6 Å². The number of carbonyl (C=O) groups excluding carboxylic acids is 3. The summed E-state index contributed by atoms with van der Waals surface area (Å²) in [6.45, 7) is 7.02. The average Bonchev–Trinajstić information content (AvgIpc) is 2.51. The first-order valence-corrected chi connectivity index (χ1v) is 10.5. The molecular weight excluding hydrogens is 360 g/mol. The van der Waals surface area contributed by atoms with Gasteiger partial charge in [-0.15, -0.1) is 0 Å². The summed E-state index contributed by atoms with van der Waals surface area (Å²) in [6.07, 6.45) is 5.70. The molecule has 7 heteroatoms. The summed E-state index contributed by atoms with van der Waals surface area (Å²) in [5.41, 5.74) is -0.681. The minimum Gasteiger partial charge on any atom is -0.452 e. The normalized spacial score (nSPS) is 31.8. The van der Waals surface area contributed by atoms with Gasteiger partial charge < -0.3 is 20.1 Å². The summed E-state index contributed by atoms with van der Waals surface area (Å²) < 4.78 is 10.4. The molecule has 0 aromatic carbocycles. The Balaban J connectivity index is 1.39. The van der Waals surface area contributed by atoms with E-state index >= 15 is 0 Å². The molecule has 0 spiro atoms. The number of nitrogens with one attached hydrogen (secondary N) is 2. The molecular formula is C21H34N2O5. The van der Waals surface area contributed by atoms with E-state index in [4.69, 9.17) is 9.47 Å². The van der Waals surface area contributed by atoms with Crippen LogP contribution in [-0.2, 0) is 19.1 Å². The SMILES string of the molecule is C[C@@H](OC(=O)CCNC(=O)OC(C)(C)C)C(=O)NC12CC3CC(CC(C3)C1)C2. The van der Waals surface area contributed by atoms with Gasteiger partial charge in [0.15, 0.2) is 6.10 Å². The molecule has 4 rings (SSSR count). The molecule has 0 aromatic heterocycles. The van der Waals surface area contributed by atoms with Crippen molar-refractivity contribution in [2.45, 2.75) is 89.9 Å². The quantitative estimate of drug-likeness (QED) is 0.676. The highest BCUT2D eigenvalue weighted by Crippen LogP contribution is 2.55. The lowest BCUT2D eigenvalue weighted by molar-refractivity contribution is -0.156. The molecule has 0 heterocycles. The van der Waals surface area contributed by atoms with Crippen molar-refractivity contribution in [2.24, 2.45) is 17.8 Å². The highest BCUT2D eigenvalue weighted by molar-refractivity contribution is 5.84. The second-order valence-corrected chi connectivity index (χ2v) is 10.00. The molecule has 4 aliphatic carbocycles. The summed E-state index contributed by atoms with van der Waals surface area (Å²) in [6, 6.07) is 0. The predicted molar refractivity (Wildman–Crippen MR) is 103 cm³/mol. The molecule has 28 heavy (non-hydrogen) atoms. The number of alkyl carbamates (subject to hydrolysis) is 1. The average molecular weight is 395 g/mol. The Morgan fingerprint density at radius 2 is 1.57 bits per heavy atom. The third-order valence-electron chi connectivity index (χ3n) is 6.10. The van der Waals surface area contributed by atoms with Crippen LogP contribution in [0.25, 0.3) is 0 Å². The second-order valence-electron chi connectivity index (χ2n) is 10.00. The van der Waals surface area contributed by atoms with E-state index in [1.54, 1.807) is 27.7 Å². The van der Waals surface area contributed by atoms with Gasteiger partial charge in [0.1, 0.15) is 5.60 Å². The number of ether oxygens (including phenoxy) is 2. The van der Waals surface area contributed by atoms with Crippen molar-refractivity contribution in [1.29, 1.82) is 0 Å². The van der Waals surface area contributed by atoms with Crippen LogP contribution in [0.5, 0.6) is 0 Å². The summed E-state index contributed by atoms with van der Waals surface area (Å²) in [4.78, 5) is 36.2. The van der Waals surface area contributed by atoms with Gasteiger partial charge >= 0.3 is 12.1 Å². The molecule has 2 amide bonds. The molecule has 7 nitrogen and oxygen atoms in total. The fourth-order valence-corrected chi connectivity index (χ4v) is 5.52. The largest absolute Gasteiger partial charge is 0.452 e. The molecule has 158 valence electrons. The summed E-state index contributed by atoms with van der Waals surface area (Å²) >= 11 is 0. The number of hydrogen-bond donors (Lipinski definition) is 2. The van der Waals surface area contributed by atoms with Gasteiger partial charge in [0.2, 0.25) is 0 Å². The van der Waals surface area contributed by atoms with Crippen molar-refractivity contribution >= 4 is 18.0 Å². The van der Waals surface area contributed by atoms with Gasteiger partial charge in [-0.3, -0.25) is 9.59 Å². The molecule has 2 N–H and O–H groups in total. The summed E-state index contributed by atoms with van der Waals surface area (Å²) in [5.74, 6) is 1.50. The van der Waals surface area contributed by atoms with Gasteiger partial charge in [-0.2, -0.15) is 0 Å². The van der Waals surface area contributed by atoms with E-state index in [-0.39, 0.29) is 24.4 Å². The number of rotatable bonds is 6. The molecule has 0 unspecified atom stereocenters. The van der Waals surface area contributed by atoms with E-state index in [1.165, 1.54) is 19.3 Å². The second kappa shape index (κ2) is 7.91. The van der Waals surface area contributed by atoms with Crippen molar-refractivity contribution in [1.82, 2.24) is 10.6 Å². The molecule has 0 saturated heterocycles. The van der Waals surface area contributed by atoms with E-state index in [0.717, 1.165) is 37.0 Å². The maximum Gasteiger partial charge on any atom is 0.407 e. The van der Waals surface area contributed by atoms with Crippen molar-refractivity contribution in [3.05, 3.63) is 0 Å². The van der Waals surface area contributed by atoms with Gasteiger partial charge in [0, 0.05) is 12.1 Å². The van der Waals surface area contributed by atoms with Crippen molar-refractivity contribution < 1.29 is 23.9 Å². The third-order valence-corrected chi connectivity index (χ3v) is 6.10. The Bertz CT molecular complexity index is 589. The Labute approximate surface area is 167 Å². The van der Waals surface area contributed by atoms with Crippen molar-refractivity contribution in [2.75, 3.05) is 6.54 Å². The third kappa shape index (κ3) is 5.39. The molecule has 1 atom stereocenters. The zero-order chi connectivity index (χ0) is 20.5. The van der Waals surface area contributed by atoms with Crippen LogP contribution in [0.4, 0.5) is 4.79 Å². The lowest BCUT2D eigenvalue weighted by Gasteiger charge is -2.57. The summed E-state index contributed by atoms with van der Waals surface area (Å²) in [5, 5.41) is 5.74. The van der Waals surface area contributed by atoms with Crippen LogP contribution in [0.15, 0.2) is 0 Å². The monoisotopic (exact) mass is 394 g/mol. The van der Waals surface area contributed by atoms with E-state index < -0.39 is 23.8 Å². The molecule has 4 aliphatic rings. The summed E-state index contributed by atoms with van der Waals surface area (Å²) in [7, 11) is 0. The molecule has 4 bridgehead atoms. The molecule has 4 saturated carbocycles. The van der Waals surface area contributed by atoms with E-state index in [0.29, 0.717) is 0 Å². The van der Waals surface area contributed by atoms with Crippen LogP contribution in [0.3, 0.4) is 0 Å². The van der Waals surface area contributed by atoms with Gasteiger partial charge in [-0.1, -0.05) is 0 Å². The fourth-order valence-electron chi connectivity index (χ4n) is 5.52. The van der Waals surface area contributed by atoms with E-state index in [1.807, 2.05) is 0 Å². The molecule has 0 radical (unpaired) electrons. The minimum absolute atomic E-state index is 0.00573. The minimum atomic E-state index is -0.831. The van der Waals surface area contributed by atoms with Crippen LogP contribution in [0, 0.1) is 17.8 Å². The van der Waals surface area contributed by atoms with E-state index in [9.17, 15) is 14.4 Å². The zero-order valence-electron chi connectivity index (χ0n) is 17.5. The first-order chi connectivity index (χ1) is 13.0. The zero-order valence-corrected chi connectivity index (χ0v) is 17.5. The maximum atomic E-state index is 12.6. The van der Waals surface area contributed by atoms with Crippen molar-refractivity contribution in [3.8, 4) is 0 Å². The van der Waals surface area contributed by atoms with Crippen LogP contribution < -0.4 is 10.6 Å². The first kappa shape index (κ1) is 20.9. The van der Waals surface area contributed by atoms with Gasteiger partial charge in [-0.05, 0) is 84.0 Å². The lowest BCUT2D eigenvalue weighted by Crippen LogP contribution is -2.61. The topological polar surface area (TPSA) is 93.7 Å². The smallest absolute Gasteiger partial charge is 0.407 e. The van der Waals surface area contributed by atoms with Crippen molar-refractivity contribution in [3.63, 3.8) is 0 Å². The van der Waals surface area contributed by atoms with Crippen LogP contribution >= 0.6 is 0 Å². The highest BCUT2D eigenvalue weighted by atomic mass is 16.6. The Kier molecular flexibility index (Phi) is 5.92. The van der Waals surface area contributed by atoms with Gasteiger partial charge in [0.05, 0.1) is 6.42 Å². The molecule has 4 fully saturated rings. The number of esters is 1. The molecule has 0 aromatic rings. The van der Waals surface area contributed by atoms with Gasteiger partial charge in [0.25, 0.3) is 5.91 Å². The predicted octanol–water partition coefficient (Wildman–Crippen LogP) is 2.92. The number of hydrogen-bond acceptors (Lipinski definition) is 5. The fraction of sp³-hybridized carbons (Fsp3) is 0.857. The van der Waals surface area contributed by atoms with Gasteiger partial charge in [-0.25, -0.2) is 4.79 Å². The Morgan fingerprint density at radius 1 is 1.04 bits per heavy atom. The highest BCUT2D eigenvalue weighted by Gasteiger charge is 2.51. The lowest BCUT2D eigenvalue weighted by atomic mass is 9.53. The van der Waals surface area contributed by atoms with E-state index in [2.05, 4.69) is 10.6 Å². The first-order valence-electron chi connectivity index (χ1n) is 10.5. The Hall–Kier alpha value is -1.79. The molecule has 0 aliphatic heterocycles. The number of amides is 2. The maximum absolute atomic E-state index is 12.6. The Morgan fingerprint density at radius 3 is 2.07 bits per heavy atom. The van der Waals surface area contributed by atoms with Crippen LogP contribution in [-0.4, -0.2) is 41.8 Å². The number of carbonyl (C=O) groups is 3. The van der Waals surface area contributed by atoms with Crippen LogP contribution in [0.2, 0.25) is 0 Å².